The van der Waals surface area contributed by atoms with Gasteiger partial charge in [-0.2, -0.15) is 0 Å². The summed E-state index contributed by atoms with van der Waals surface area (Å²) in [5.74, 6) is 0.745. The zero-order valence-corrected chi connectivity index (χ0v) is 15.0. The van der Waals surface area contributed by atoms with Crippen LogP contribution in [0.5, 0.6) is 5.75 Å². The number of nitrogens with one attached hydrogen (secondary N) is 3. The SMILES string of the molecule is COc1c/c(=c2/[nH]c3ccccc3c2=CO)[nH]c1=Cc1[nH]c(C)cc1C. The molecule has 0 bridgehead atoms. The molecule has 5 heteroatoms. The van der Waals surface area contributed by atoms with Crippen LogP contribution in [0, 0.1) is 24.5 Å². The summed E-state index contributed by atoms with van der Waals surface area (Å²) in [5.41, 5.74) is 4.31. The van der Waals surface area contributed by atoms with E-state index in [9.17, 15) is 5.11 Å². The maximum Gasteiger partial charge on any atom is 0.144 e. The number of para-hydroxylation sites is 1. The number of H-pyrrole nitrogens is 3. The number of methoxy groups -OCH3 is 1. The number of aliphatic hydroxyl groups excluding tert-OH is 1. The van der Waals surface area contributed by atoms with Crippen molar-refractivity contribution in [3.8, 4) is 5.75 Å². The Labute approximate surface area is 150 Å². The first-order valence-corrected chi connectivity index (χ1v) is 8.47. The summed E-state index contributed by atoms with van der Waals surface area (Å²) in [4.78, 5) is 10.1. The number of rotatable bonds is 2. The lowest BCUT2D eigenvalue weighted by molar-refractivity contribution is 0.412. The van der Waals surface area contributed by atoms with Crippen molar-refractivity contribution in [3.63, 3.8) is 0 Å². The molecule has 1 aromatic carbocycles. The van der Waals surface area contributed by atoms with Crippen molar-refractivity contribution in [2.45, 2.75) is 13.8 Å². The molecule has 0 spiro atoms. The highest BCUT2D eigenvalue weighted by molar-refractivity contribution is 5.80. The van der Waals surface area contributed by atoms with Gasteiger partial charge in [0.2, 0.25) is 0 Å². The van der Waals surface area contributed by atoms with Crippen LogP contribution < -0.4 is 15.3 Å². The van der Waals surface area contributed by atoms with Crippen LogP contribution in [-0.4, -0.2) is 27.2 Å². The summed E-state index contributed by atoms with van der Waals surface area (Å²) in [5, 5.41) is 14.0. The quantitative estimate of drug-likeness (QED) is 0.450. The van der Waals surface area contributed by atoms with Crippen LogP contribution in [0.25, 0.3) is 23.2 Å². The number of aromatic amines is 3. The van der Waals surface area contributed by atoms with Crippen molar-refractivity contribution >= 4 is 23.2 Å². The number of ether oxygens (including phenoxy) is 1. The van der Waals surface area contributed by atoms with Crippen LogP contribution in [0.1, 0.15) is 17.0 Å². The minimum absolute atomic E-state index is 0.745. The highest BCUT2D eigenvalue weighted by Crippen LogP contribution is 2.12. The lowest BCUT2D eigenvalue weighted by Gasteiger charge is -1.94. The first-order valence-electron chi connectivity index (χ1n) is 8.47. The molecule has 4 N–H and O–H groups in total. The normalized spacial score (nSPS) is 14.4. The van der Waals surface area contributed by atoms with E-state index in [1.807, 2.05) is 43.3 Å². The number of hydrogen-bond donors (Lipinski definition) is 4. The van der Waals surface area contributed by atoms with E-state index in [2.05, 4.69) is 27.9 Å². The van der Waals surface area contributed by atoms with Gasteiger partial charge >= 0.3 is 0 Å². The highest BCUT2D eigenvalue weighted by atomic mass is 16.5. The molecule has 3 heterocycles. The van der Waals surface area contributed by atoms with E-state index >= 15 is 0 Å². The van der Waals surface area contributed by atoms with Crippen LogP contribution in [0.3, 0.4) is 0 Å². The maximum absolute atomic E-state index is 9.77. The van der Waals surface area contributed by atoms with Gasteiger partial charge in [0.1, 0.15) is 5.75 Å². The van der Waals surface area contributed by atoms with Gasteiger partial charge in [-0.05, 0) is 37.6 Å². The molecule has 0 fully saturated rings. The zero-order chi connectivity index (χ0) is 18.3. The second-order valence-electron chi connectivity index (χ2n) is 6.45. The minimum atomic E-state index is 0.745. The molecule has 0 saturated carbocycles. The molecule has 5 nitrogen and oxygen atoms in total. The number of aryl methyl sites for hydroxylation is 2. The van der Waals surface area contributed by atoms with Gasteiger partial charge in [0.15, 0.2) is 0 Å². The molecule has 4 aromatic rings. The predicted molar refractivity (Wildman–Crippen MR) is 103 cm³/mol. The third-order valence-electron chi connectivity index (χ3n) is 4.65. The van der Waals surface area contributed by atoms with Crippen molar-refractivity contribution in [2.24, 2.45) is 0 Å². The maximum atomic E-state index is 9.77. The van der Waals surface area contributed by atoms with E-state index in [1.165, 1.54) is 5.56 Å². The van der Waals surface area contributed by atoms with Crippen LogP contribution in [-0.2, 0) is 0 Å². The summed E-state index contributed by atoms with van der Waals surface area (Å²) < 4.78 is 5.55. The molecule has 0 aliphatic heterocycles. The Balaban J connectivity index is 2.08. The molecule has 4 rings (SSSR count). The highest BCUT2D eigenvalue weighted by Gasteiger charge is 2.05. The number of aliphatic hydroxyl groups is 1. The number of hydrogen-bond acceptors (Lipinski definition) is 2. The first kappa shape index (κ1) is 16.1. The Bertz CT molecular complexity index is 1310. The topological polar surface area (TPSA) is 76.8 Å². The first-order chi connectivity index (χ1) is 12.6. The van der Waals surface area contributed by atoms with E-state index in [0.717, 1.165) is 55.6 Å². The number of benzene rings is 1. The summed E-state index contributed by atoms with van der Waals surface area (Å²) in [7, 11) is 1.65. The molecule has 0 amide bonds. The summed E-state index contributed by atoms with van der Waals surface area (Å²) in [6.07, 6.45) is 3.18. The summed E-state index contributed by atoms with van der Waals surface area (Å²) in [6.45, 7) is 4.11. The van der Waals surface area contributed by atoms with Gasteiger partial charge in [-0.1, -0.05) is 18.2 Å². The van der Waals surface area contributed by atoms with Gasteiger partial charge in [0.05, 0.1) is 29.4 Å². The second-order valence-corrected chi connectivity index (χ2v) is 6.45. The number of fused-ring (bicyclic) bond motifs is 1. The van der Waals surface area contributed by atoms with Crippen LogP contribution in [0.4, 0.5) is 0 Å². The Morgan fingerprint density at radius 3 is 2.54 bits per heavy atom. The Morgan fingerprint density at radius 1 is 1.04 bits per heavy atom. The predicted octanol–water partition coefficient (Wildman–Crippen LogP) is 2.86. The smallest absolute Gasteiger partial charge is 0.144 e. The monoisotopic (exact) mass is 347 g/mol. The van der Waals surface area contributed by atoms with Gasteiger partial charge < -0.3 is 24.8 Å². The van der Waals surface area contributed by atoms with E-state index in [1.54, 1.807) is 7.11 Å². The molecule has 0 atom stereocenters. The lowest BCUT2D eigenvalue weighted by atomic mass is 10.2. The van der Waals surface area contributed by atoms with Gasteiger partial charge in [-0.15, -0.1) is 0 Å². The van der Waals surface area contributed by atoms with Crippen molar-refractivity contribution in [1.29, 1.82) is 0 Å². The summed E-state index contributed by atoms with van der Waals surface area (Å²) in [6, 6.07) is 11.9. The lowest BCUT2D eigenvalue weighted by Crippen LogP contribution is -2.06. The fourth-order valence-corrected chi connectivity index (χ4v) is 3.42. The van der Waals surface area contributed by atoms with Gasteiger partial charge in [0, 0.05) is 33.6 Å². The van der Waals surface area contributed by atoms with Gasteiger partial charge in [-0.25, -0.2) is 0 Å². The zero-order valence-electron chi connectivity index (χ0n) is 15.0. The molecule has 0 radical (unpaired) electrons. The molecular weight excluding hydrogens is 326 g/mol. The van der Waals surface area contributed by atoms with Crippen LogP contribution in [0.2, 0.25) is 0 Å². The number of aromatic nitrogens is 3. The van der Waals surface area contributed by atoms with Crippen molar-refractivity contribution in [2.75, 3.05) is 7.11 Å². The summed E-state index contributed by atoms with van der Waals surface area (Å²) >= 11 is 0. The van der Waals surface area contributed by atoms with Crippen LogP contribution >= 0.6 is 0 Å². The molecule has 0 unspecified atom stereocenters. The molecule has 0 saturated heterocycles. The van der Waals surface area contributed by atoms with Gasteiger partial charge in [0.25, 0.3) is 0 Å². The Kier molecular flexibility index (Phi) is 3.84. The molecule has 3 aromatic heterocycles. The largest absolute Gasteiger partial charge is 0.515 e. The fraction of sp³-hybridized carbons (Fsp3) is 0.143. The third kappa shape index (κ3) is 2.58. The van der Waals surface area contributed by atoms with Crippen molar-refractivity contribution in [3.05, 3.63) is 74.6 Å². The van der Waals surface area contributed by atoms with Gasteiger partial charge in [-0.3, -0.25) is 0 Å². The van der Waals surface area contributed by atoms with E-state index < -0.39 is 0 Å². The fourth-order valence-electron chi connectivity index (χ4n) is 3.42. The van der Waals surface area contributed by atoms with E-state index in [0.29, 0.717) is 0 Å². The molecule has 0 aliphatic rings. The minimum Gasteiger partial charge on any atom is -0.515 e. The van der Waals surface area contributed by atoms with Crippen molar-refractivity contribution < 1.29 is 9.84 Å². The molecule has 0 aliphatic carbocycles. The van der Waals surface area contributed by atoms with Crippen molar-refractivity contribution in [1.82, 2.24) is 15.0 Å². The van der Waals surface area contributed by atoms with E-state index in [-0.39, 0.29) is 0 Å². The Morgan fingerprint density at radius 2 is 1.85 bits per heavy atom. The second kappa shape index (κ2) is 6.19. The average molecular weight is 347 g/mol. The Hall–Kier alpha value is -3.34. The van der Waals surface area contributed by atoms with E-state index in [4.69, 9.17) is 4.74 Å². The molecule has 26 heavy (non-hydrogen) atoms. The average Bonchev–Trinajstić information content (AvgIpc) is 3.29. The molecule has 132 valence electrons. The van der Waals surface area contributed by atoms with Crippen LogP contribution in [0.15, 0.2) is 36.4 Å². The molecular formula is C21H21N3O2. The standard InChI is InChI=1S/C21H21N3O2/c1-12-8-13(2)22-17(12)9-18-20(26-3)10-19(23-18)21-15(11-25)14-6-4-5-7-16(14)24-21/h4-11,22-25H,1-3H3/b15-11?,18-9?,21-19-. The third-order valence-corrected chi connectivity index (χ3v) is 4.65.